The number of benzene rings is 4. The number of amides is 1. The van der Waals surface area contributed by atoms with Crippen molar-refractivity contribution in [3.05, 3.63) is 149 Å². The summed E-state index contributed by atoms with van der Waals surface area (Å²) >= 11 is 0. The first-order chi connectivity index (χ1) is 31.5. The van der Waals surface area contributed by atoms with Gasteiger partial charge in [-0.1, -0.05) is 106 Å². The molecule has 1 amide bonds. The van der Waals surface area contributed by atoms with E-state index in [4.69, 9.17) is 33.2 Å². The molecule has 2 heterocycles. The van der Waals surface area contributed by atoms with Gasteiger partial charge in [0.15, 0.2) is 18.1 Å². The number of hydrogen-bond acceptors (Lipinski definition) is 11. The van der Waals surface area contributed by atoms with E-state index in [1.165, 1.54) is 0 Å². The minimum Gasteiger partial charge on any atom is -0.497 e. The number of esters is 2. The Kier molecular flexibility index (Phi) is 12.0. The predicted octanol–water partition coefficient (Wildman–Crippen LogP) is 8.95. The molecular weight excluding hydrogens is 839 g/mol. The Morgan fingerprint density at radius 2 is 1.38 bits per heavy atom. The molecule has 348 valence electrons. The van der Waals surface area contributed by atoms with Crippen LogP contribution in [0.5, 0.6) is 5.75 Å². The molecular formula is C54H61NO11. The zero-order valence-corrected chi connectivity index (χ0v) is 39.0. The number of nitrogens with zero attached hydrogens (tertiary/aromatic N) is 1. The Labute approximate surface area is 387 Å². The van der Waals surface area contributed by atoms with Crippen LogP contribution in [0.4, 0.5) is 0 Å². The fourth-order valence-electron chi connectivity index (χ4n) is 12.0. The van der Waals surface area contributed by atoms with Crippen LogP contribution in [0.2, 0.25) is 0 Å². The van der Waals surface area contributed by atoms with Gasteiger partial charge in [-0.05, 0) is 86.7 Å². The maximum absolute atomic E-state index is 15.3. The number of fused-ring (bicyclic) bond motifs is 6. The number of rotatable bonds is 9. The maximum Gasteiger partial charge on any atom is 0.338 e. The molecule has 1 N–H and O–H groups in total. The van der Waals surface area contributed by atoms with E-state index in [1.807, 2.05) is 89.2 Å². The van der Waals surface area contributed by atoms with Gasteiger partial charge in [-0.2, -0.15) is 0 Å². The highest BCUT2D eigenvalue weighted by Crippen LogP contribution is 2.64. The SMILES string of the molecule is COc1ccc([C@@H]2O[C@@H](C(=O)O[C@H]3C[C@@]4(O)[C@@H](OC(=O)c5ccccc5)[C@@H]5[C@H](OC)CCC[C@@]5(C)[C@H]5OC(C)(C)O[C@@H]5C(=C3C)C4(C)C)[C@H](c3ccccc3)N2C(=O)c2ccccc2)cc1. The lowest BCUT2D eigenvalue weighted by Gasteiger charge is -2.62. The molecule has 4 aromatic carbocycles. The highest BCUT2D eigenvalue weighted by molar-refractivity contribution is 5.95. The molecule has 5 aliphatic rings. The van der Waals surface area contributed by atoms with Crippen molar-refractivity contribution in [2.75, 3.05) is 14.2 Å². The highest BCUT2D eigenvalue weighted by atomic mass is 16.8. The Balaban J connectivity index is 1.17. The Morgan fingerprint density at radius 1 is 0.758 bits per heavy atom. The average molecular weight is 900 g/mol. The van der Waals surface area contributed by atoms with Crippen molar-refractivity contribution in [1.82, 2.24) is 4.90 Å². The summed E-state index contributed by atoms with van der Waals surface area (Å²) in [5, 5.41) is 13.9. The summed E-state index contributed by atoms with van der Waals surface area (Å²) in [6.45, 7) is 11.7. The predicted molar refractivity (Wildman–Crippen MR) is 244 cm³/mol. The van der Waals surface area contributed by atoms with Crippen LogP contribution in [0.15, 0.2) is 126 Å². The number of carbonyl (C=O) groups is 3. The summed E-state index contributed by atoms with van der Waals surface area (Å²) in [7, 11) is 3.23. The molecule has 0 unspecified atom stereocenters. The van der Waals surface area contributed by atoms with E-state index in [1.54, 1.807) is 79.8 Å². The molecule has 2 bridgehead atoms. The Hall–Kier alpha value is -5.37. The second-order valence-electron chi connectivity index (χ2n) is 19.8. The van der Waals surface area contributed by atoms with Crippen molar-refractivity contribution in [3.63, 3.8) is 0 Å². The first-order valence-corrected chi connectivity index (χ1v) is 23.0. The van der Waals surface area contributed by atoms with E-state index in [-0.39, 0.29) is 12.3 Å². The van der Waals surface area contributed by atoms with Crippen molar-refractivity contribution < 1.29 is 52.6 Å². The summed E-state index contributed by atoms with van der Waals surface area (Å²) in [5.74, 6) is -2.64. The summed E-state index contributed by atoms with van der Waals surface area (Å²) in [6.07, 6.45) is -4.13. The number of hydrogen-bond donors (Lipinski definition) is 1. The Morgan fingerprint density at radius 3 is 2.00 bits per heavy atom. The number of aliphatic hydroxyl groups is 1. The minimum atomic E-state index is -1.85. The number of carbonyl (C=O) groups excluding carboxylic acids is 3. The second kappa shape index (κ2) is 17.4. The molecule has 9 rings (SSSR count). The van der Waals surface area contributed by atoms with Gasteiger partial charge in [0.05, 0.1) is 30.9 Å². The fraction of sp³-hybridized carbons (Fsp3) is 0.463. The maximum atomic E-state index is 15.3. The fourth-order valence-corrected chi connectivity index (χ4v) is 12.0. The van der Waals surface area contributed by atoms with Crippen molar-refractivity contribution in [3.8, 4) is 5.75 Å². The number of ether oxygens (including phenoxy) is 7. The first kappa shape index (κ1) is 45.8. The van der Waals surface area contributed by atoms with Gasteiger partial charge in [-0.3, -0.25) is 9.69 Å². The van der Waals surface area contributed by atoms with Gasteiger partial charge < -0.3 is 38.3 Å². The lowest BCUT2D eigenvalue weighted by molar-refractivity contribution is -0.244. The summed E-state index contributed by atoms with van der Waals surface area (Å²) in [4.78, 5) is 46.1. The minimum absolute atomic E-state index is 0.129. The molecule has 12 nitrogen and oxygen atoms in total. The van der Waals surface area contributed by atoms with Gasteiger partial charge in [-0.25, -0.2) is 9.59 Å². The van der Waals surface area contributed by atoms with Gasteiger partial charge in [0.2, 0.25) is 0 Å². The van der Waals surface area contributed by atoms with Gasteiger partial charge in [0.25, 0.3) is 5.91 Å². The lowest BCUT2D eigenvalue weighted by Crippen LogP contribution is -2.71. The Bertz CT molecular complexity index is 2460. The number of methoxy groups -OCH3 is 2. The van der Waals surface area contributed by atoms with Gasteiger partial charge >= 0.3 is 11.9 Å². The molecule has 0 spiro atoms. The zero-order chi connectivity index (χ0) is 46.8. The molecule has 2 saturated carbocycles. The van der Waals surface area contributed by atoms with Crippen LogP contribution >= 0.6 is 0 Å². The van der Waals surface area contributed by atoms with Crippen molar-refractivity contribution in [2.45, 2.75) is 128 Å². The van der Waals surface area contributed by atoms with Gasteiger partial charge in [-0.15, -0.1) is 0 Å². The van der Waals surface area contributed by atoms with Crippen LogP contribution in [0.25, 0.3) is 0 Å². The molecule has 12 heteroatoms. The first-order valence-electron chi connectivity index (χ1n) is 23.0. The molecule has 0 radical (unpaired) electrons. The molecule has 0 aromatic heterocycles. The van der Waals surface area contributed by atoms with E-state index >= 15 is 4.79 Å². The van der Waals surface area contributed by atoms with E-state index in [0.717, 1.165) is 6.42 Å². The topological polar surface area (TPSA) is 139 Å². The zero-order valence-electron chi connectivity index (χ0n) is 39.0. The quantitative estimate of drug-likeness (QED) is 0.127. The van der Waals surface area contributed by atoms with Crippen molar-refractivity contribution in [2.24, 2.45) is 16.7 Å². The summed E-state index contributed by atoms with van der Waals surface area (Å²) in [6, 6.07) is 33.2. The summed E-state index contributed by atoms with van der Waals surface area (Å²) < 4.78 is 45.9. The normalized spacial score (nSPS) is 33.2. The summed E-state index contributed by atoms with van der Waals surface area (Å²) in [5.41, 5.74) is -0.217. The van der Waals surface area contributed by atoms with Gasteiger partial charge in [0, 0.05) is 41.4 Å². The van der Waals surface area contributed by atoms with Crippen LogP contribution < -0.4 is 4.74 Å². The molecule has 2 saturated heterocycles. The van der Waals surface area contributed by atoms with Crippen LogP contribution in [-0.2, 0) is 33.2 Å². The van der Waals surface area contributed by atoms with Crippen LogP contribution in [0.3, 0.4) is 0 Å². The molecule has 3 aliphatic carbocycles. The standard InChI is InChI=1S/C54H61NO11/c1-32-39(62-50(58)44-42(33-19-12-9-13-20-33)55(47(56)34-21-14-10-15-22-34)48(63-44)35-26-28-37(60-7)29-27-35)31-54(59)45(64-49(57)36-23-16-11-17-24-36)41-38(61-8)25-18-30-53(41,6)46-43(40(32)51(54,2)3)65-52(4,5)66-46/h9-17,19-24,26-29,38-39,41-46,48,59H,18,25,30-31H2,1-8H3/t38-,39+,41+,42+,43-,44-,45+,46+,48+,53-,54-/m1/s1. The molecule has 11 atom stereocenters. The van der Waals surface area contributed by atoms with Gasteiger partial charge in [0.1, 0.15) is 29.7 Å². The van der Waals surface area contributed by atoms with E-state index in [0.29, 0.717) is 52.0 Å². The average Bonchev–Trinajstić information content (AvgIpc) is 3.88. The van der Waals surface area contributed by atoms with Crippen LogP contribution in [0, 0.1) is 16.7 Å². The van der Waals surface area contributed by atoms with E-state index in [2.05, 4.69) is 6.92 Å². The largest absolute Gasteiger partial charge is 0.497 e. The third-order valence-corrected chi connectivity index (χ3v) is 15.3. The van der Waals surface area contributed by atoms with E-state index < -0.39 is 89.0 Å². The van der Waals surface area contributed by atoms with Crippen LogP contribution in [0.1, 0.15) is 111 Å². The molecule has 66 heavy (non-hydrogen) atoms. The monoisotopic (exact) mass is 899 g/mol. The molecule has 4 aromatic rings. The lowest BCUT2D eigenvalue weighted by atomic mass is 9.48. The highest BCUT2D eigenvalue weighted by Gasteiger charge is 2.71. The van der Waals surface area contributed by atoms with E-state index in [9.17, 15) is 14.7 Å². The van der Waals surface area contributed by atoms with Crippen molar-refractivity contribution >= 4 is 17.8 Å². The third-order valence-electron chi connectivity index (χ3n) is 15.3. The molecule has 2 aliphatic heterocycles. The second-order valence-corrected chi connectivity index (χ2v) is 19.8. The smallest absolute Gasteiger partial charge is 0.338 e. The van der Waals surface area contributed by atoms with Crippen LogP contribution in [-0.4, -0.2) is 90.1 Å². The molecule has 4 fully saturated rings. The van der Waals surface area contributed by atoms with Crippen molar-refractivity contribution in [1.29, 1.82) is 0 Å². The third kappa shape index (κ3) is 7.64.